The Balaban J connectivity index is 0.00000180. The minimum atomic E-state index is 0. The number of likely N-dealkylation sites (N-methyl/N-ethyl adjacent to an activating group) is 1. The van der Waals surface area contributed by atoms with Crippen molar-refractivity contribution in [3.05, 3.63) is 23.8 Å². The van der Waals surface area contributed by atoms with Gasteiger partial charge in [-0.1, -0.05) is 0 Å². The first-order chi connectivity index (χ1) is 8.37. The van der Waals surface area contributed by atoms with E-state index in [1.165, 1.54) is 37.2 Å². The van der Waals surface area contributed by atoms with Crippen molar-refractivity contribution < 1.29 is 16.9 Å². The summed E-state index contributed by atoms with van der Waals surface area (Å²) in [6, 6.07) is 7.08. The van der Waals surface area contributed by atoms with Crippen LogP contribution in [0.3, 0.4) is 0 Å². The number of hydrogen-bond acceptors (Lipinski definition) is 2. The zero-order valence-electron chi connectivity index (χ0n) is 12.5. The summed E-state index contributed by atoms with van der Waals surface area (Å²) in [7, 11) is 6.81. The van der Waals surface area contributed by atoms with Gasteiger partial charge in [-0.05, 0) is 43.5 Å². The van der Waals surface area contributed by atoms with E-state index in [2.05, 4.69) is 45.1 Å². The molecule has 0 saturated carbocycles. The van der Waals surface area contributed by atoms with Crippen LogP contribution in [0, 0.1) is 6.92 Å². The van der Waals surface area contributed by atoms with Gasteiger partial charge in [-0.2, -0.15) is 0 Å². The van der Waals surface area contributed by atoms with Crippen LogP contribution in [0.1, 0.15) is 18.4 Å². The molecule has 0 bridgehead atoms. The second-order valence-electron chi connectivity index (χ2n) is 6.50. The summed E-state index contributed by atoms with van der Waals surface area (Å²) in [4.78, 5) is 2.55. The fourth-order valence-electron chi connectivity index (χ4n) is 2.84. The third-order valence-corrected chi connectivity index (χ3v) is 3.72. The smallest absolute Gasteiger partial charge is 0.0987 e. The Labute approximate surface area is 123 Å². The topological polar surface area (TPSA) is 29.3 Å². The van der Waals surface area contributed by atoms with Crippen LogP contribution in [-0.4, -0.2) is 44.8 Å². The molecule has 0 spiro atoms. The lowest BCUT2D eigenvalue weighted by molar-refractivity contribution is -0.871. The molecule has 1 fully saturated rings. The number of nitrogens with two attached hydrogens (primary N) is 1. The molecule has 1 saturated heterocycles. The lowest BCUT2D eigenvalue weighted by Gasteiger charge is -2.33. The number of anilines is 2. The molecule has 2 N–H and O–H groups in total. The summed E-state index contributed by atoms with van der Waals surface area (Å²) in [6.45, 7) is 4.46. The summed E-state index contributed by atoms with van der Waals surface area (Å²) in [6.07, 6.45) is 2.60. The van der Waals surface area contributed by atoms with E-state index in [1.54, 1.807) is 0 Å². The molecule has 1 aromatic carbocycles. The first-order valence-electron chi connectivity index (χ1n) is 6.80. The molecule has 1 aliphatic rings. The summed E-state index contributed by atoms with van der Waals surface area (Å²) in [5.41, 5.74) is 9.31. The quantitative estimate of drug-likeness (QED) is 0.585. The van der Waals surface area contributed by atoms with Gasteiger partial charge in [0, 0.05) is 17.9 Å². The van der Waals surface area contributed by atoms with Gasteiger partial charge in [0.2, 0.25) is 0 Å². The predicted octanol–water partition coefficient (Wildman–Crippen LogP) is -0.744. The zero-order valence-corrected chi connectivity index (χ0v) is 13.2. The second kappa shape index (κ2) is 6.02. The van der Waals surface area contributed by atoms with Crippen LogP contribution >= 0.6 is 0 Å². The van der Waals surface area contributed by atoms with Crippen molar-refractivity contribution in [3.8, 4) is 0 Å². The largest absolute Gasteiger partial charge is 1.00 e. The molecule has 4 heteroatoms. The summed E-state index contributed by atoms with van der Waals surface area (Å²) in [5, 5.41) is 0. The Hall–Kier alpha value is -0.930. The molecule has 1 unspecified atom stereocenters. The van der Waals surface area contributed by atoms with Crippen molar-refractivity contribution in [2.24, 2.45) is 0 Å². The molecule has 108 valence electrons. The lowest BCUT2D eigenvalue weighted by Crippen LogP contribution is -3.00. The monoisotopic (exact) mass is 283 g/mol. The highest BCUT2D eigenvalue weighted by Gasteiger charge is 2.29. The molecule has 1 aliphatic heterocycles. The maximum atomic E-state index is 5.90. The highest BCUT2D eigenvalue weighted by atomic mass is 35.5. The van der Waals surface area contributed by atoms with E-state index >= 15 is 0 Å². The van der Waals surface area contributed by atoms with Crippen LogP contribution in [0.15, 0.2) is 18.2 Å². The number of nitrogen functional groups attached to an aromatic ring is 1. The van der Waals surface area contributed by atoms with Gasteiger partial charge in [0.05, 0.1) is 33.7 Å². The molecule has 0 amide bonds. The fourth-order valence-corrected chi connectivity index (χ4v) is 2.84. The minimum absolute atomic E-state index is 0. The van der Waals surface area contributed by atoms with Crippen LogP contribution < -0.4 is 23.0 Å². The van der Waals surface area contributed by atoms with E-state index in [4.69, 9.17) is 5.73 Å². The average Bonchev–Trinajstić information content (AvgIpc) is 2.67. The van der Waals surface area contributed by atoms with E-state index in [1.807, 2.05) is 6.07 Å². The predicted molar refractivity (Wildman–Crippen MR) is 78.9 cm³/mol. The lowest BCUT2D eigenvalue weighted by atomic mass is 10.1. The number of nitrogens with zero attached hydrogens (tertiary/aromatic N) is 2. The Bertz CT molecular complexity index is 426. The van der Waals surface area contributed by atoms with Gasteiger partial charge in [0.25, 0.3) is 0 Å². The SMILES string of the molecule is Cc1cc(N2CCCC2C[N+](C)(C)C)ccc1N.[Cl-]. The number of quaternary nitrogens is 1. The molecule has 1 heterocycles. The third kappa shape index (κ3) is 4.02. The summed E-state index contributed by atoms with van der Waals surface area (Å²) in [5.74, 6) is 0. The van der Waals surface area contributed by atoms with Crippen molar-refractivity contribution in [1.29, 1.82) is 0 Å². The van der Waals surface area contributed by atoms with Crippen molar-refractivity contribution >= 4 is 11.4 Å². The highest BCUT2D eigenvalue weighted by Crippen LogP contribution is 2.28. The first kappa shape index (κ1) is 16.1. The van der Waals surface area contributed by atoms with Crippen LogP contribution in [-0.2, 0) is 0 Å². The van der Waals surface area contributed by atoms with Gasteiger partial charge < -0.3 is 27.5 Å². The van der Waals surface area contributed by atoms with Gasteiger partial charge >= 0.3 is 0 Å². The molecule has 0 radical (unpaired) electrons. The van der Waals surface area contributed by atoms with Gasteiger partial charge in [-0.25, -0.2) is 0 Å². The van der Waals surface area contributed by atoms with E-state index in [-0.39, 0.29) is 12.4 Å². The van der Waals surface area contributed by atoms with E-state index < -0.39 is 0 Å². The molecule has 0 aliphatic carbocycles. The van der Waals surface area contributed by atoms with Crippen LogP contribution in [0.5, 0.6) is 0 Å². The average molecular weight is 284 g/mol. The molecule has 3 nitrogen and oxygen atoms in total. The highest BCUT2D eigenvalue weighted by molar-refractivity contribution is 5.58. The number of aryl methyl sites for hydroxylation is 1. The Kier molecular flexibility index (Phi) is 5.11. The maximum absolute atomic E-state index is 5.90. The Morgan fingerprint density at radius 1 is 1.32 bits per heavy atom. The molecule has 0 aromatic heterocycles. The summed E-state index contributed by atoms with van der Waals surface area (Å²) < 4.78 is 1.02. The molecule has 19 heavy (non-hydrogen) atoms. The zero-order chi connectivity index (χ0) is 13.3. The van der Waals surface area contributed by atoms with E-state index in [0.717, 1.165) is 10.2 Å². The maximum Gasteiger partial charge on any atom is 0.0987 e. The van der Waals surface area contributed by atoms with Crippen LogP contribution in [0.2, 0.25) is 0 Å². The van der Waals surface area contributed by atoms with Crippen molar-refractivity contribution in [2.45, 2.75) is 25.8 Å². The number of rotatable bonds is 3. The van der Waals surface area contributed by atoms with Gasteiger partial charge in [-0.3, -0.25) is 0 Å². The summed E-state index contributed by atoms with van der Waals surface area (Å²) >= 11 is 0. The molecule has 1 atom stereocenters. The first-order valence-corrected chi connectivity index (χ1v) is 6.80. The Morgan fingerprint density at radius 2 is 2.00 bits per heavy atom. The molecular weight excluding hydrogens is 258 g/mol. The van der Waals surface area contributed by atoms with Crippen molar-refractivity contribution in [1.82, 2.24) is 0 Å². The number of halogens is 1. The third-order valence-electron chi connectivity index (χ3n) is 3.72. The minimum Gasteiger partial charge on any atom is -1.00 e. The Morgan fingerprint density at radius 3 is 2.58 bits per heavy atom. The number of benzene rings is 1. The molecular formula is C15H26ClN3. The van der Waals surface area contributed by atoms with Gasteiger partial charge in [0.1, 0.15) is 0 Å². The number of hydrogen-bond donors (Lipinski definition) is 1. The molecule has 2 rings (SSSR count). The normalized spacial score (nSPS) is 19.4. The standard InChI is InChI=1S/C15H26N3.ClH/c1-12-10-13(7-8-15(12)16)17-9-5-6-14(17)11-18(2,3)4;/h7-8,10,14H,5-6,9,11,16H2,1-4H3;1H/q+1;/p-1. The van der Waals surface area contributed by atoms with Crippen molar-refractivity contribution in [2.75, 3.05) is 44.9 Å². The van der Waals surface area contributed by atoms with Gasteiger partial charge in [0.15, 0.2) is 0 Å². The van der Waals surface area contributed by atoms with Crippen molar-refractivity contribution in [3.63, 3.8) is 0 Å². The van der Waals surface area contributed by atoms with Crippen LogP contribution in [0.25, 0.3) is 0 Å². The fraction of sp³-hybridized carbons (Fsp3) is 0.600. The van der Waals surface area contributed by atoms with Gasteiger partial charge in [-0.15, -0.1) is 0 Å². The van der Waals surface area contributed by atoms with E-state index in [0.29, 0.717) is 6.04 Å². The van der Waals surface area contributed by atoms with Crippen LogP contribution in [0.4, 0.5) is 11.4 Å². The molecule has 1 aromatic rings. The van der Waals surface area contributed by atoms with E-state index in [9.17, 15) is 0 Å². The second-order valence-corrected chi connectivity index (χ2v) is 6.50.